The molecular weight excluding hydrogens is 252 g/mol. The molecule has 1 aliphatic heterocycles. The van der Waals surface area contributed by atoms with E-state index in [1.165, 1.54) is 12.2 Å². The van der Waals surface area contributed by atoms with Gasteiger partial charge in [0.15, 0.2) is 0 Å². The Morgan fingerprint density at radius 2 is 1.61 bits per heavy atom. The van der Waals surface area contributed by atoms with Gasteiger partial charge in [-0.2, -0.15) is 0 Å². The Hall–Kier alpha value is -0.473. The minimum Gasteiger partial charge on any atom is -0.149 e. The van der Waals surface area contributed by atoms with Gasteiger partial charge in [0.2, 0.25) is 0 Å². The van der Waals surface area contributed by atoms with Crippen LogP contribution in [0.25, 0.3) is 0 Å². The van der Waals surface area contributed by atoms with Crippen molar-refractivity contribution < 1.29 is 0 Å². The standard InChI is InChI=1S/C16H24SSi/c1-13-11-16(18(3,4)5,17-12-14(13)2)15-9-7-6-8-10-15/h6-10H,11-12H2,1-5H3. The lowest BCUT2D eigenvalue weighted by Gasteiger charge is -2.47. The molecule has 0 saturated heterocycles. The van der Waals surface area contributed by atoms with Gasteiger partial charge in [-0.05, 0) is 25.8 Å². The van der Waals surface area contributed by atoms with Crippen molar-refractivity contribution in [2.24, 2.45) is 0 Å². The molecule has 1 aromatic carbocycles. The van der Waals surface area contributed by atoms with E-state index in [9.17, 15) is 0 Å². The van der Waals surface area contributed by atoms with Crippen molar-refractivity contribution in [1.82, 2.24) is 0 Å². The van der Waals surface area contributed by atoms with Crippen LogP contribution < -0.4 is 0 Å². The van der Waals surface area contributed by atoms with E-state index in [1.807, 2.05) is 0 Å². The molecule has 0 nitrogen and oxygen atoms in total. The van der Waals surface area contributed by atoms with E-state index in [1.54, 1.807) is 16.7 Å². The molecule has 1 heterocycles. The van der Waals surface area contributed by atoms with Crippen molar-refractivity contribution in [3.63, 3.8) is 0 Å². The van der Waals surface area contributed by atoms with E-state index >= 15 is 0 Å². The van der Waals surface area contributed by atoms with E-state index in [-0.39, 0.29) is 0 Å². The van der Waals surface area contributed by atoms with Gasteiger partial charge >= 0.3 is 0 Å². The van der Waals surface area contributed by atoms with Gasteiger partial charge in [-0.3, -0.25) is 0 Å². The van der Waals surface area contributed by atoms with Crippen LogP contribution in [0.3, 0.4) is 0 Å². The maximum atomic E-state index is 2.51. The van der Waals surface area contributed by atoms with Gasteiger partial charge in [-0.1, -0.05) is 61.1 Å². The number of hydrogen-bond acceptors (Lipinski definition) is 1. The topological polar surface area (TPSA) is 0 Å². The zero-order valence-electron chi connectivity index (χ0n) is 12.2. The molecule has 0 saturated carbocycles. The van der Waals surface area contributed by atoms with Crippen molar-refractivity contribution in [3.05, 3.63) is 47.0 Å². The van der Waals surface area contributed by atoms with Crippen molar-refractivity contribution in [1.29, 1.82) is 0 Å². The number of hydrogen-bond donors (Lipinski definition) is 0. The molecule has 0 aromatic heterocycles. The number of rotatable bonds is 2. The fraction of sp³-hybridized carbons (Fsp3) is 0.500. The monoisotopic (exact) mass is 276 g/mol. The molecule has 18 heavy (non-hydrogen) atoms. The Morgan fingerprint density at radius 1 is 1.00 bits per heavy atom. The lowest BCUT2D eigenvalue weighted by atomic mass is 10.0. The highest BCUT2D eigenvalue weighted by Gasteiger charge is 2.46. The normalized spacial score (nSPS) is 25.4. The molecule has 0 N–H and O–H groups in total. The minimum absolute atomic E-state index is 0.359. The summed E-state index contributed by atoms with van der Waals surface area (Å²) in [5, 5.41) is 0. The first-order valence-electron chi connectivity index (χ1n) is 6.71. The fourth-order valence-electron chi connectivity index (χ4n) is 2.74. The van der Waals surface area contributed by atoms with Crippen LogP contribution in [0, 0.1) is 0 Å². The molecule has 2 heteroatoms. The molecule has 2 rings (SSSR count). The van der Waals surface area contributed by atoms with Gasteiger partial charge in [0.1, 0.15) is 0 Å². The van der Waals surface area contributed by atoms with Crippen LogP contribution in [0.15, 0.2) is 41.5 Å². The summed E-state index contributed by atoms with van der Waals surface area (Å²) in [7, 11) is -1.29. The molecule has 98 valence electrons. The zero-order chi connectivity index (χ0) is 13.4. The molecule has 0 fully saturated rings. The second-order valence-corrected chi connectivity index (χ2v) is 13.5. The van der Waals surface area contributed by atoms with Crippen LogP contribution in [0.2, 0.25) is 19.6 Å². The third-order valence-electron chi connectivity index (χ3n) is 4.23. The van der Waals surface area contributed by atoms with Gasteiger partial charge in [0.05, 0.1) is 8.07 Å². The van der Waals surface area contributed by atoms with E-state index in [4.69, 9.17) is 0 Å². The highest BCUT2D eigenvalue weighted by molar-refractivity contribution is 8.02. The second-order valence-electron chi connectivity index (χ2n) is 6.47. The summed E-state index contributed by atoms with van der Waals surface area (Å²) >= 11 is 2.19. The van der Waals surface area contributed by atoms with Crippen molar-refractivity contribution in [3.8, 4) is 0 Å². The summed E-state index contributed by atoms with van der Waals surface area (Å²) in [5.74, 6) is 1.20. The maximum absolute atomic E-state index is 2.51. The summed E-state index contributed by atoms with van der Waals surface area (Å²) in [6.45, 7) is 12.2. The highest BCUT2D eigenvalue weighted by atomic mass is 32.2. The van der Waals surface area contributed by atoms with Crippen LogP contribution >= 0.6 is 11.8 Å². The second kappa shape index (κ2) is 4.90. The molecule has 1 atom stereocenters. The van der Waals surface area contributed by atoms with Crippen molar-refractivity contribution in [2.45, 2.75) is 44.3 Å². The van der Waals surface area contributed by atoms with Gasteiger partial charge in [0, 0.05) is 10.1 Å². The Morgan fingerprint density at radius 3 is 2.11 bits per heavy atom. The molecule has 0 spiro atoms. The third kappa shape index (κ3) is 2.33. The van der Waals surface area contributed by atoms with Gasteiger partial charge in [0.25, 0.3) is 0 Å². The lowest BCUT2D eigenvalue weighted by Crippen LogP contribution is -2.48. The van der Waals surface area contributed by atoms with Crippen LogP contribution in [0.1, 0.15) is 25.8 Å². The molecule has 0 radical (unpaired) electrons. The van der Waals surface area contributed by atoms with E-state index < -0.39 is 8.07 Å². The summed E-state index contributed by atoms with van der Waals surface area (Å²) in [6.07, 6.45) is 1.24. The van der Waals surface area contributed by atoms with Gasteiger partial charge in [-0.15, -0.1) is 11.8 Å². The van der Waals surface area contributed by atoms with Crippen LogP contribution in [-0.4, -0.2) is 13.8 Å². The molecule has 1 aliphatic rings. The Kier molecular flexibility index (Phi) is 3.79. The Balaban J connectivity index is 2.51. The summed E-state index contributed by atoms with van der Waals surface area (Å²) in [4.78, 5) is 0. The van der Waals surface area contributed by atoms with Crippen LogP contribution in [0.4, 0.5) is 0 Å². The smallest absolute Gasteiger partial charge is 0.0686 e. The molecule has 0 amide bonds. The first kappa shape index (κ1) is 13.9. The summed E-state index contributed by atoms with van der Waals surface area (Å²) in [5.41, 5.74) is 4.74. The van der Waals surface area contributed by atoms with E-state index in [0.717, 1.165) is 0 Å². The molecule has 0 bridgehead atoms. The fourth-order valence-corrected chi connectivity index (χ4v) is 7.84. The van der Waals surface area contributed by atoms with Crippen molar-refractivity contribution in [2.75, 3.05) is 5.75 Å². The largest absolute Gasteiger partial charge is 0.149 e. The number of benzene rings is 1. The molecule has 1 unspecified atom stereocenters. The minimum atomic E-state index is -1.29. The van der Waals surface area contributed by atoms with E-state index in [2.05, 4.69) is 75.6 Å². The van der Waals surface area contributed by atoms with Crippen LogP contribution in [-0.2, 0) is 4.37 Å². The third-order valence-corrected chi connectivity index (χ3v) is 10.8. The SMILES string of the molecule is CC1=C(C)CC(c2ccccc2)([Si](C)(C)C)SC1. The number of thioether (sulfide) groups is 1. The predicted molar refractivity (Wildman–Crippen MR) is 86.9 cm³/mol. The first-order valence-corrected chi connectivity index (χ1v) is 11.2. The Labute approximate surface area is 117 Å². The lowest BCUT2D eigenvalue weighted by molar-refractivity contribution is 0.778. The van der Waals surface area contributed by atoms with Gasteiger partial charge in [-0.25, -0.2) is 0 Å². The van der Waals surface area contributed by atoms with Gasteiger partial charge < -0.3 is 0 Å². The predicted octanol–water partition coefficient (Wildman–Crippen LogP) is 5.23. The zero-order valence-corrected chi connectivity index (χ0v) is 14.0. The summed E-state index contributed by atoms with van der Waals surface area (Å²) in [6, 6.07) is 11.2. The summed E-state index contributed by atoms with van der Waals surface area (Å²) < 4.78 is 0.359. The average molecular weight is 277 g/mol. The average Bonchev–Trinajstić information content (AvgIpc) is 2.32. The maximum Gasteiger partial charge on any atom is 0.0686 e. The number of allylic oxidation sites excluding steroid dienone is 1. The molecular formula is C16H24SSi. The Bertz CT molecular complexity index is 456. The first-order chi connectivity index (χ1) is 8.37. The molecule has 0 aliphatic carbocycles. The quantitative estimate of drug-likeness (QED) is 0.526. The molecule has 1 aromatic rings. The van der Waals surface area contributed by atoms with Crippen LogP contribution in [0.5, 0.6) is 0 Å². The van der Waals surface area contributed by atoms with Crippen molar-refractivity contribution >= 4 is 19.8 Å². The van der Waals surface area contributed by atoms with E-state index in [0.29, 0.717) is 4.37 Å². The highest BCUT2D eigenvalue weighted by Crippen LogP contribution is 2.52.